The van der Waals surface area contributed by atoms with E-state index < -0.39 is 12.3 Å². The monoisotopic (exact) mass is 238 g/mol. The van der Waals surface area contributed by atoms with Crippen LogP contribution in [0.15, 0.2) is 24.5 Å². The predicted octanol–water partition coefficient (Wildman–Crippen LogP) is 0.179. The number of nitrogens with zero attached hydrogens (tertiary/aromatic N) is 2. The third-order valence-corrected chi connectivity index (χ3v) is 2.55. The second kappa shape index (κ2) is 6.08. The van der Waals surface area contributed by atoms with Crippen molar-refractivity contribution in [2.75, 3.05) is 18.5 Å². The molecule has 1 aromatic rings. The van der Waals surface area contributed by atoms with E-state index in [1.807, 2.05) is 36.1 Å². The molecule has 0 aliphatic heterocycles. The van der Waals surface area contributed by atoms with E-state index in [-0.39, 0.29) is 0 Å². The minimum absolute atomic E-state index is 0.417. The van der Waals surface area contributed by atoms with Crippen LogP contribution in [0.4, 0.5) is 10.5 Å². The molecular weight excluding hydrogens is 220 g/mol. The number of ether oxygens (including phenoxy) is 1. The number of anilines is 1. The summed E-state index contributed by atoms with van der Waals surface area (Å²) >= 11 is 0. The van der Waals surface area contributed by atoms with Crippen molar-refractivity contribution >= 4 is 11.8 Å². The van der Waals surface area contributed by atoms with Gasteiger partial charge in [0.15, 0.2) is 18.9 Å². The molecule has 5 heteroatoms. The first-order valence-electron chi connectivity index (χ1n) is 5.60. The molecule has 1 unspecified atom stereocenters. The molecule has 0 fully saturated rings. The van der Waals surface area contributed by atoms with Gasteiger partial charge < -0.3 is 19.5 Å². The van der Waals surface area contributed by atoms with Gasteiger partial charge in [-0.3, -0.25) is 0 Å². The number of hydrogen-bond donors (Lipinski definition) is 0. The molecule has 5 nitrogen and oxygen atoms in total. The van der Waals surface area contributed by atoms with Crippen LogP contribution in [0.1, 0.15) is 13.8 Å². The summed E-state index contributed by atoms with van der Waals surface area (Å²) in [6.45, 7) is 5.18. The molecule has 0 saturated heterocycles. The summed E-state index contributed by atoms with van der Waals surface area (Å²) in [6.07, 6.45) is 1.90. The van der Waals surface area contributed by atoms with Crippen LogP contribution in [0, 0.1) is 0 Å². The third kappa shape index (κ3) is 4.30. The molecule has 0 saturated carbocycles. The van der Waals surface area contributed by atoms with E-state index in [2.05, 4.69) is 16.6 Å². The van der Waals surface area contributed by atoms with Gasteiger partial charge in [0, 0.05) is 31.4 Å². The lowest BCUT2D eigenvalue weighted by molar-refractivity contribution is -0.703. The van der Waals surface area contributed by atoms with E-state index in [0.29, 0.717) is 6.54 Å². The zero-order valence-electron chi connectivity index (χ0n) is 10.4. The molecule has 0 spiro atoms. The quantitative estimate of drug-likeness (QED) is 0.542. The van der Waals surface area contributed by atoms with Crippen molar-refractivity contribution in [3.8, 4) is 0 Å². The van der Waals surface area contributed by atoms with Gasteiger partial charge in [-0.1, -0.05) is 0 Å². The van der Waals surface area contributed by atoms with Crippen molar-refractivity contribution < 1.29 is 19.2 Å². The van der Waals surface area contributed by atoms with Crippen molar-refractivity contribution in [3.05, 3.63) is 24.5 Å². The lowest BCUT2D eigenvalue weighted by atomic mass is 10.3. The molecule has 0 bridgehead atoms. The Morgan fingerprint density at radius 2 is 2.12 bits per heavy atom. The molecule has 1 rings (SSSR count). The third-order valence-electron chi connectivity index (χ3n) is 2.55. The van der Waals surface area contributed by atoms with Gasteiger partial charge in [0.25, 0.3) is 6.16 Å². The molecule has 0 aromatic carbocycles. The first kappa shape index (κ1) is 13.3. The summed E-state index contributed by atoms with van der Waals surface area (Å²) in [5, 5.41) is 10.2. The molecule has 0 radical (unpaired) electrons. The van der Waals surface area contributed by atoms with Crippen LogP contribution in [-0.4, -0.2) is 25.9 Å². The van der Waals surface area contributed by atoms with Crippen molar-refractivity contribution in [2.24, 2.45) is 0 Å². The average Bonchev–Trinajstić information content (AvgIpc) is 2.28. The molecule has 1 aromatic heterocycles. The lowest BCUT2D eigenvalue weighted by Gasteiger charge is -2.16. The summed E-state index contributed by atoms with van der Waals surface area (Å²) in [6, 6.07) is 3.96. The summed E-state index contributed by atoms with van der Waals surface area (Å²) in [7, 11) is 2.02. The Hall–Kier alpha value is -1.78. The minimum atomic E-state index is -1.49. The van der Waals surface area contributed by atoms with Crippen LogP contribution in [0.3, 0.4) is 0 Å². The van der Waals surface area contributed by atoms with Crippen LogP contribution >= 0.6 is 0 Å². The normalized spacial score (nSPS) is 11.9. The van der Waals surface area contributed by atoms with Crippen molar-refractivity contribution in [1.82, 2.24) is 0 Å². The summed E-state index contributed by atoms with van der Waals surface area (Å²) in [5.41, 5.74) is 1.12. The first-order valence-corrected chi connectivity index (χ1v) is 5.60. The van der Waals surface area contributed by atoms with E-state index in [4.69, 9.17) is 0 Å². The van der Waals surface area contributed by atoms with Gasteiger partial charge in [0.05, 0.1) is 6.10 Å². The summed E-state index contributed by atoms with van der Waals surface area (Å²) in [4.78, 5) is 12.3. The number of pyridine rings is 1. The van der Waals surface area contributed by atoms with Gasteiger partial charge in [-0.25, -0.2) is 4.57 Å². The Morgan fingerprint density at radius 1 is 1.53 bits per heavy atom. The molecule has 0 N–H and O–H groups in total. The van der Waals surface area contributed by atoms with Crippen molar-refractivity contribution in [2.45, 2.75) is 26.5 Å². The van der Waals surface area contributed by atoms with E-state index in [1.165, 1.54) is 0 Å². The topological polar surface area (TPSA) is 56.5 Å². The SMILES string of the molecule is CCN(C)c1cc[n+](CC(C)OC(=O)[O-])cc1. The van der Waals surface area contributed by atoms with E-state index in [9.17, 15) is 9.90 Å². The summed E-state index contributed by atoms with van der Waals surface area (Å²) in [5.74, 6) is 0. The predicted molar refractivity (Wildman–Crippen MR) is 61.5 cm³/mol. The highest BCUT2D eigenvalue weighted by atomic mass is 16.7. The van der Waals surface area contributed by atoms with Crippen LogP contribution in [-0.2, 0) is 11.3 Å². The van der Waals surface area contributed by atoms with Gasteiger partial charge in [-0.05, 0) is 13.8 Å². The van der Waals surface area contributed by atoms with Gasteiger partial charge in [0.1, 0.15) is 0 Å². The highest BCUT2D eigenvalue weighted by Crippen LogP contribution is 2.08. The number of carboxylic acid groups (broad SMARTS) is 1. The minimum Gasteiger partial charge on any atom is -0.540 e. The van der Waals surface area contributed by atoms with Gasteiger partial charge in [0.2, 0.25) is 0 Å². The van der Waals surface area contributed by atoms with Gasteiger partial charge >= 0.3 is 0 Å². The summed E-state index contributed by atoms with van der Waals surface area (Å²) < 4.78 is 6.40. The van der Waals surface area contributed by atoms with E-state index >= 15 is 0 Å². The zero-order valence-corrected chi connectivity index (χ0v) is 10.4. The molecule has 0 amide bonds. The van der Waals surface area contributed by atoms with Crippen molar-refractivity contribution in [3.63, 3.8) is 0 Å². The maximum absolute atomic E-state index is 10.2. The fourth-order valence-electron chi connectivity index (χ4n) is 1.51. The molecule has 17 heavy (non-hydrogen) atoms. The van der Waals surface area contributed by atoms with E-state index in [0.717, 1.165) is 12.2 Å². The maximum atomic E-state index is 10.2. The molecule has 0 aliphatic rings. The molecular formula is C12H18N2O3. The van der Waals surface area contributed by atoms with Gasteiger partial charge in [-0.2, -0.15) is 0 Å². The average molecular weight is 238 g/mol. The first-order chi connectivity index (χ1) is 8.02. The number of carbonyl (C=O) groups is 1. The highest BCUT2D eigenvalue weighted by Gasteiger charge is 2.08. The zero-order chi connectivity index (χ0) is 12.8. The Balaban J connectivity index is 2.59. The molecule has 0 aliphatic carbocycles. The smallest absolute Gasteiger partial charge is 0.252 e. The fourth-order valence-corrected chi connectivity index (χ4v) is 1.51. The standard InChI is InChI=1S/C12H18N2O3/c1-4-13(3)11-5-7-14(8-6-11)9-10(2)17-12(15)16/h5-8,10H,4,9H2,1-3H3. The Kier molecular flexibility index (Phi) is 4.75. The highest BCUT2D eigenvalue weighted by molar-refractivity contribution is 5.54. The number of carbonyl (C=O) groups excluding carboxylic acids is 1. The largest absolute Gasteiger partial charge is 0.540 e. The second-order valence-corrected chi connectivity index (χ2v) is 3.95. The van der Waals surface area contributed by atoms with Crippen molar-refractivity contribution in [1.29, 1.82) is 0 Å². The van der Waals surface area contributed by atoms with Crippen LogP contribution in [0.25, 0.3) is 0 Å². The second-order valence-electron chi connectivity index (χ2n) is 3.95. The maximum Gasteiger partial charge on any atom is 0.252 e. The van der Waals surface area contributed by atoms with Crippen LogP contribution in [0.5, 0.6) is 0 Å². The molecule has 1 heterocycles. The van der Waals surface area contributed by atoms with E-state index in [1.54, 1.807) is 6.92 Å². The Morgan fingerprint density at radius 3 is 2.59 bits per heavy atom. The number of rotatable bonds is 5. The number of hydrogen-bond acceptors (Lipinski definition) is 4. The lowest BCUT2D eigenvalue weighted by Crippen LogP contribution is -2.41. The molecule has 1 atom stereocenters. The Labute approximate surface area is 101 Å². The molecule has 94 valence electrons. The van der Waals surface area contributed by atoms with Gasteiger partial charge in [-0.15, -0.1) is 0 Å². The van der Waals surface area contributed by atoms with Crippen LogP contribution in [0.2, 0.25) is 0 Å². The van der Waals surface area contributed by atoms with Crippen LogP contribution < -0.4 is 14.6 Å². The fraction of sp³-hybridized carbons (Fsp3) is 0.500. The number of aromatic nitrogens is 1. The Bertz CT molecular complexity index is 365.